The predicted octanol–water partition coefficient (Wildman–Crippen LogP) is 0.726. The van der Waals surface area contributed by atoms with Crippen LogP contribution in [0, 0.1) is 6.92 Å². The third kappa shape index (κ3) is 2.54. The third-order valence-electron chi connectivity index (χ3n) is 2.15. The highest BCUT2D eigenvalue weighted by molar-refractivity contribution is 6.02. The van der Waals surface area contributed by atoms with E-state index in [0.717, 1.165) is 11.8 Å². The van der Waals surface area contributed by atoms with E-state index in [1.807, 2.05) is 13.0 Å². The van der Waals surface area contributed by atoms with E-state index in [4.69, 9.17) is 0 Å². The highest BCUT2D eigenvalue weighted by Crippen LogP contribution is 2.09. The molecule has 0 aliphatic rings. The van der Waals surface area contributed by atoms with Gasteiger partial charge in [-0.25, -0.2) is 9.97 Å². The summed E-state index contributed by atoms with van der Waals surface area (Å²) in [5.41, 5.74) is 0.635. The molecule has 0 radical (unpaired) electrons. The van der Waals surface area contributed by atoms with E-state index in [2.05, 4.69) is 20.3 Å². The molecule has 6 heteroatoms. The van der Waals surface area contributed by atoms with Gasteiger partial charge in [0, 0.05) is 12.4 Å². The average molecular weight is 230 g/mol. The van der Waals surface area contributed by atoms with Gasteiger partial charge in [-0.2, -0.15) is 0 Å². The predicted molar refractivity (Wildman–Crippen MR) is 61.8 cm³/mol. The van der Waals surface area contributed by atoms with Gasteiger partial charge in [0.1, 0.15) is 11.5 Å². The molecular weight excluding hydrogens is 220 g/mol. The second kappa shape index (κ2) is 4.56. The van der Waals surface area contributed by atoms with Gasteiger partial charge >= 0.3 is 0 Å². The Kier molecular flexibility index (Phi) is 2.95. The zero-order valence-electron chi connectivity index (χ0n) is 9.10. The molecule has 1 amide bonds. The first kappa shape index (κ1) is 11.0. The number of carbonyl (C=O) groups excluding carboxylic acids is 1. The Bertz CT molecular complexity index is 586. The first-order valence-corrected chi connectivity index (χ1v) is 4.94. The molecule has 0 unspecified atom stereocenters. The summed E-state index contributed by atoms with van der Waals surface area (Å²) >= 11 is 0. The van der Waals surface area contributed by atoms with E-state index in [1.165, 1.54) is 6.20 Å². The minimum atomic E-state index is -0.414. The van der Waals surface area contributed by atoms with Crippen LogP contribution in [0.15, 0.2) is 35.5 Å². The molecule has 0 spiro atoms. The average Bonchev–Trinajstić information content (AvgIpc) is 2.33. The van der Waals surface area contributed by atoms with E-state index in [0.29, 0.717) is 5.82 Å². The van der Waals surface area contributed by atoms with E-state index in [9.17, 15) is 9.59 Å². The Balaban J connectivity index is 2.20. The number of aryl methyl sites for hydroxylation is 1. The van der Waals surface area contributed by atoms with Gasteiger partial charge in [-0.15, -0.1) is 0 Å². The molecule has 0 fully saturated rings. The molecule has 2 heterocycles. The lowest BCUT2D eigenvalue weighted by molar-refractivity contribution is 0.102. The number of H-pyrrole nitrogens is 1. The first-order valence-electron chi connectivity index (χ1n) is 4.94. The largest absolute Gasteiger partial charge is 0.325 e. The number of nitrogens with zero attached hydrogens (tertiary/aromatic N) is 2. The van der Waals surface area contributed by atoms with Gasteiger partial charge in [-0.3, -0.25) is 9.59 Å². The highest BCUT2D eigenvalue weighted by Gasteiger charge is 2.09. The van der Waals surface area contributed by atoms with Crippen LogP contribution in [0.5, 0.6) is 0 Å². The van der Waals surface area contributed by atoms with Crippen molar-refractivity contribution in [1.82, 2.24) is 15.0 Å². The van der Waals surface area contributed by atoms with Crippen LogP contribution in [0.1, 0.15) is 16.1 Å². The van der Waals surface area contributed by atoms with E-state index in [-0.39, 0.29) is 11.3 Å². The lowest BCUT2D eigenvalue weighted by Gasteiger charge is -2.05. The van der Waals surface area contributed by atoms with Crippen LogP contribution in [-0.4, -0.2) is 20.9 Å². The van der Waals surface area contributed by atoms with Crippen LogP contribution in [-0.2, 0) is 0 Å². The van der Waals surface area contributed by atoms with Crippen molar-refractivity contribution in [3.8, 4) is 0 Å². The summed E-state index contributed by atoms with van der Waals surface area (Å²) in [7, 11) is 0. The molecule has 2 aromatic heterocycles. The van der Waals surface area contributed by atoms with Crippen molar-refractivity contribution in [2.24, 2.45) is 0 Å². The maximum absolute atomic E-state index is 11.7. The van der Waals surface area contributed by atoms with Crippen molar-refractivity contribution in [3.05, 3.63) is 52.3 Å². The molecule has 0 atom stereocenters. The van der Waals surface area contributed by atoms with Crippen LogP contribution in [0.25, 0.3) is 0 Å². The van der Waals surface area contributed by atoms with Crippen LogP contribution < -0.4 is 10.9 Å². The van der Waals surface area contributed by atoms with Crippen molar-refractivity contribution in [3.63, 3.8) is 0 Å². The fourth-order valence-corrected chi connectivity index (χ4v) is 1.25. The van der Waals surface area contributed by atoms with Crippen LogP contribution in [0.4, 0.5) is 5.82 Å². The lowest BCUT2D eigenvalue weighted by Crippen LogP contribution is -2.18. The maximum Gasteiger partial charge on any atom is 0.276 e. The van der Waals surface area contributed by atoms with Gasteiger partial charge in [0.25, 0.3) is 11.5 Å². The molecule has 0 aliphatic carbocycles. The molecule has 17 heavy (non-hydrogen) atoms. The summed E-state index contributed by atoms with van der Waals surface area (Å²) < 4.78 is 0. The summed E-state index contributed by atoms with van der Waals surface area (Å²) in [4.78, 5) is 32.7. The van der Waals surface area contributed by atoms with Crippen LogP contribution in [0.3, 0.4) is 0 Å². The summed E-state index contributed by atoms with van der Waals surface area (Å²) in [5, 5.41) is 2.61. The van der Waals surface area contributed by atoms with Gasteiger partial charge < -0.3 is 10.3 Å². The highest BCUT2D eigenvalue weighted by atomic mass is 16.2. The molecule has 2 aromatic rings. The number of nitrogens with one attached hydrogen (secondary N) is 2. The van der Waals surface area contributed by atoms with Gasteiger partial charge in [0.2, 0.25) is 0 Å². The maximum atomic E-state index is 11.7. The second-order valence-corrected chi connectivity index (χ2v) is 3.42. The summed E-state index contributed by atoms with van der Waals surface area (Å²) in [5.74, 6) is 0.0635. The second-order valence-electron chi connectivity index (χ2n) is 3.42. The molecule has 0 saturated carbocycles. The molecule has 0 bridgehead atoms. The first-order chi connectivity index (χ1) is 8.16. The molecule has 2 N–H and O–H groups in total. The molecule has 86 valence electrons. The number of hydrogen-bond acceptors (Lipinski definition) is 4. The lowest BCUT2D eigenvalue weighted by atomic mass is 10.3. The van der Waals surface area contributed by atoms with Gasteiger partial charge in [0.15, 0.2) is 0 Å². The fraction of sp³-hybridized carbons (Fsp3) is 0.0909. The quantitative estimate of drug-likeness (QED) is 0.795. The van der Waals surface area contributed by atoms with Crippen molar-refractivity contribution in [1.29, 1.82) is 0 Å². The van der Waals surface area contributed by atoms with Crippen LogP contribution in [0.2, 0.25) is 0 Å². The molecule has 0 saturated heterocycles. The SMILES string of the molecule is Cc1cccnc1NC(=O)c1c[nH]c(=O)cn1. The normalized spacial score (nSPS) is 9.94. The Morgan fingerprint density at radius 1 is 1.41 bits per heavy atom. The monoisotopic (exact) mass is 230 g/mol. The summed E-state index contributed by atoms with van der Waals surface area (Å²) in [6.07, 6.45) is 3.90. The number of pyridine rings is 1. The smallest absolute Gasteiger partial charge is 0.276 e. The number of anilines is 1. The molecular formula is C11H10N4O2. The molecule has 0 aliphatic heterocycles. The van der Waals surface area contributed by atoms with Gasteiger partial charge in [-0.1, -0.05) is 6.07 Å². The van der Waals surface area contributed by atoms with Crippen molar-refractivity contribution < 1.29 is 4.79 Å². The Hall–Kier alpha value is -2.50. The summed E-state index contributed by atoms with van der Waals surface area (Å²) in [6, 6.07) is 3.62. The molecule has 2 rings (SSSR count). The third-order valence-corrected chi connectivity index (χ3v) is 2.15. The number of hydrogen-bond donors (Lipinski definition) is 2. The van der Waals surface area contributed by atoms with Crippen molar-refractivity contribution in [2.75, 3.05) is 5.32 Å². The van der Waals surface area contributed by atoms with E-state index >= 15 is 0 Å². The standard InChI is InChI=1S/C11H10N4O2/c1-7-3-2-4-12-10(7)15-11(17)8-5-14-9(16)6-13-8/h2-6H,1H3,(H,14,16)(H,12,15,17). The zero-order valence-corrected chi connectivity index (χ0v) is 9.10. The Labute approximate surface area is 96.8 Å². The fourth-order valence-electron chi connectivity index (χ4n) is 1.25. The number of amides is 1. The van der Waals surface area contributed by atoms with Crippen molar-refractivity contribution >= 4 is 11.7 Å². The minimum Gasteiger partial charge on any atom is -0.325 e. The van der Waals surface area contributed by atoms with E-state index < -0.39 is 5.91 Å². The summed E-state index contributed by atoms with van der Waals surface area (Å²) in [6.45, 7) is 1.84. The topological polar surface area (TPSA) is 87.7 Å². The van der Waals surface area contributed by atoms with Gasteiger partial charge in [0.05, 0.1) is 6.20 Å². The van der Waals surface area contributed by atoms with Gasteiger partial charge in [-0.05, 0) is 18.6 Å². The molecule has 0 aromatic carbocycles. The zero-order chi connectivity index (χ0) is 12.3. The number of aromatic amines is 1. The number of aromatic nitrogens is 3. The van der Waals surface area contributed by atoms with Crippen LogP contribution >= 0.6 is 0 Å². The Morgan fingerprint density at radius 3 is 2.88 bits per heavy atom. The number of rotatable bonds is 2. The van der Waals surface area contributed by atoms with E-state index in [1.54, 1.807) is 12.3 Å². The van der Waals surface area contributed by atoms with Crippen molar-refractivity contribution in [2.45, 2.75) is 6.92 Å². The Morgan fingerprint density at radius 2 is 2.24 bits per heavy atom. The number of carbonyl (C=O) groups is 1. The molecule has 6 nitrogen and oxygen atoms in total. The minimum absolute atomic E-state index is 0.134.